The monoisotopic (exact) mass is 451 g/mol. The van der Waals surface area contributed by atoms with E-state index in [-0.39, 0.29) is 17.5 Å². The molecule has 0 unspecified atom stereocenters. The van der Waals surface area contributed by atoms with Gasteiger partial charge < -0.3 is 16.4 Å². The average molecular weight is 452 g/mol. The molecule has 1 heterocycles. The van der Waals surface area contributed by atoms with Crippen molar-refractivity contribution in [2.45, 2.75) is 52.5 Å². The fourth-order valence-corrected chi connectivity index (χ4v) is 3.57. The number of urea groups is 1. The van der Waals surface area contributed by atoms with Crippen LogP contribution in [-0.2, 0) is 12.8 Å². The number of carbonyl (C=O) groups excluding carboxylic acids is 1. The molecule has 0 spiro atoms. The van der Waals surface area contributed by atoms with Crippen molar-refractivity contribution in [1.82, 2.24) is 15.3 Å². The second kappa shape index (κ2) is 10.0. The van der Waals surface area contributed by atoms with Crippen LogP contribution in [-0.4, -0.2) is 21.5 Å². The first-order chi connectivity index (χ1) is 15.1. The summed E-state index contributed by atoms with van der Waals surface area (Å²) in [4.78, 5) is 20.8. The van der Waals surface area contributed by atoms with E-state index in [0.29, 0.717) is 5.02 Å². The van der Waals surface area contributed by atoms with Crippen molar-refractivity contribution in [3.05, 3.63) is 70.4 Å². The second-order valence-corrected chi connectivity index (χ2v) is 9.30. The van der Waals surface area contributed by atoms with Crippen LogP contribution in [0.3, 0.4) is 0 Å². The molecule has 1 aromatic heterocycles. The molecule has 0 aliphatic carbocycles. The van der Waals surface area contributed by atoms with Crippen LogP contribution in [0.4, 0.5) is 16.4 Å². The minimum atomic E-state index is -0.278. The molecule has 0 bridgehead atoms. The molecule has 0 aliphatic rings. The van der Waals surface area contributed by atoms with Crippen LogP contribution in [0, 0.1) is 6.92 Å². The Bertz CT molecular complexity index is 1090. The van der Waals surface area contributed by atoms with Gasteiger partial charge in [-0.3, -0.25) is 0 Å². The van der Waals surface area contributed by atoms with Gasteiger partial charge in [0.15, 0.2) is 0 Å². The molecule has 32 heavy (non-hydrogen) atoms. The maximum absolute atomic E-state index is 12.0. The number of nitrogens with one attached hydrogen (secondary N) is 2. The summed E-state index contributed by atoms with van der Waals surface area (Å²) in [6.45, 7) is 7.81. The highest BCUT2D eigenvalue weighted by atomic mass is 35.5. The SMILES string of the molecule is Cc1c(Cl)cccc1-c1cc(CCCc2ccc(NC(=O)NC(C)(C)C)cc2)nc(N)n1. The number of nitrogen functional groups attached to an aromatic ring is 1. The number of aryl methyl sites for hydroxylation is 2. The van der Waals surface area contributed by atoms with Gasteiger partial charge in [-0.2, -0.15) is 0 Å². The highest BCUT2D eigenvalue weighted by molar-refractivity contribution is 6.31. The van der Waals surface area contributed by atoms with E-state index in [1.54, 1.807) is 0 Å². The summed E-state index contributed by atoms with van der Waals surface area (Å²) in [7, 11) is 0. The number of hydrogen-bond acceptors (Lipinski definition) is 4. The molecule has 0 saturated carbocycles. The largest absolute Gasteiger partial charge is 0.368 e. The molecule has 0 saturated heterocycles. The van der Waals surface area contributed by atoms with Crippen LogP contribution in [0.25, 0.3) is 11.3 Å². The quantitative estimate of drug-likeness (QED) is 0.442. The van der Waals surface area contributed by atoms with E-state index in [9.17, 15) is 4.79 Å². The number of aromatic nitrogens is 2. The Morgan fingerprint density at radius 3 is 2.47 bits per heavy atom. The Kier molecular flexibility index (Phi) is 7.36. The first-order valence-corrected chi connectivity index (χ1v) is 11.1. The number of hydrogen-bond donors (Lipinski definition) is 3. The van der Waals surface area contributed by atoms with E-state index >= 15 is 0 Å². The van der Waals surface area contributed by atoms with Crippen LogP contribution in [0.5, 0.6) is 0 Å². The topological polar surface area (TPSA) is 92.9 Å². The maximum atomic E-state index is 12.0. The molecule has 7 heteroatoms. The molecule has 0 fully saturated rings. The minimum Gasteiger partial charge on any atom is -0.368 e. The maximum Gasteiger partial charge on any atom is 0.319 e. The van der Waals surface area contributed by atoms with Gasteiger partial charge in [0.25, 0.3) is 0 Å². The van der Waals surface area contributed by atoms with Crippen molar-refractivity contribution >= 4 is 29.3 Å². The predicted octanol–water partition coefficient (Wildman–Crippen LogP) is 5.78. The zero-order chi connectivity index (χ0) is 23.3. The minimum absolute atomic E-state index is 0.211. The van der Waals surface area contributed by atoms with E-state index < -0.39 is 0 Å². The van der Waals surface area contributed by atoms with Crippen molar-refractivity contribution in [3.63, 3.8) is 0 Å². The number of amides is 2. The smallest absolute Gasteiger partial charge is 0.319 e. The number of nitrogens with zero attached hydrogens (tertiary/aromatic N) is 2. The van der Waals surface area contributed by atoms with Crippen molar-refractivity contribution in [3.8, 4) is 11.3 Å². The van der Waals surface area contributed by atoms with Crippen molar-refractivity contribution in [1.29, 1.82) is 0 Å². The molecule has 0 aliphatic heterocycles. The molecule has 2 aromatic carbocycles. The van der Waals surface area contributed by atoms with Gasteiger partial charge in [0.1, 0.15) is 0 Å². The van der Waals surface area contributed by atoms with E-state index in [2.05, 4.69) is 20.6 Å². The highest BCUT2D eigenvalue weighted by Crippen LogP contribution is 2.28. The highest BCUT2D eigenvalue weighted by Gasteiger charge is 2.13. The van der Waals surface area contributed by atoms with Crippen LogP contribution in [0.1, 0.15) is 44.0 Å². The Morgan fingerprint density at radius 2 is 1.78 bits per heavy atom. The molecule has 2 amide bonds. The summed E-state index contributed by atoms with van der Waals surface area (Å²) in [6, 6.07) is 15.4. The van der Waals surface area contributed by atoms with Gasteiger partial charge >= 0.3 is 6.03 Å². The number of nitrogens with two attached hydrogens (primary N) is 1. The third kappa shape index (κ3) is 6.69. The second-order valence-electron chi connectivity index (χ2n) is 8.89. The molecule has 6 nitrogen and oxygen atoms in total. The van der Waals surface area contributed by atoms with Crippen LogP contribution in [0.15, 0.2) is 48.5 Å². The normalized spacial score (nSPS) is 11.3. The lowest BCUT2D eigenvalue weighted by Crippen LogP contribution is -2.43. The van der Waals surface area contributed by atoms with E-state index in [0.717, 1.165) is 47.5 Å². The molecule has 3 rings (SSSR count). The lowest BCUT2D eigenvalue weighted by molar-refractivity contribution is 0.244. The van der Waals surface area contributed by atoms with Crippen LogP contribution >= 0.6 is 11.6 Å². The number of halogens is 1. The van der Waals surface area contributed by atoms with Crippen LogP contribution in [0.2, 0.25) is 5.02 Å². The van der Waals surface area contributed by atoms with E-state index in [1.807, 2.05) is 76.2 Å². The predicted molar refractivity (Wildman–Crippen MR) is 132 cm³/mol. The molecule has 3 aromatic rings. The summed E-state index contributed by atoms with van der Waals surface area (Å²) in [5.41, 5.74) is 11.3. The van der Waals surface area contributed by atoms with Gasteiger partial charge in [-0.25, -0.2) is 14.8 Å². The fourth-order valence-electron chi connectivity index (χ4n) is 3.40. The fraction of sp³-hybridized carbons (Fsp3) is 0.320. The van der Waals surface area contributed by atoms with Crippen molar-refractivity contribution in [2.24, 2.45) is 0 Å². The summed E-state index contributed by atoms with van der Waals surface area (Å²) in [6.07, 6.45) is 2.60. The van der Waals surface area contributed by atoms with Gasteiger partial charge in [0, 0.05) is 27.5 Å². The zero-order valence-corrected chi connectivity index (χ0v) is 19.8. The molecular weight excluding hydrogens is 422 g/mol. The zero-order valence-electron chi connectivity index (χ0n) is 19.0. The molecule has 0 atom stereocenters. The van der Waals surface area contributed by atoms with Gasteiger partial charge in [-0.15, -0.1) is 0 Å². The first-order valence-electron chi connectivity index (χ1n) is 10.7. The standard InChI is InChI=1S/C25H30ClN5O/c1-16-20(9-6-10-21(16)26)22-15-19(28-23(27)30-22)8-5-7-17-11-13-18(14-12-17)29-24(32)31-25(2,3)4/h6,9-15H,5,7-8H2,1-4H3,(H2,27,28,30)(H2,29,31,32). The number of benzene rings is 2. The number of rotatable bonds is 6. The van der Waals surface area contributed by atoms with E-state index in [4.69, 9.17) is 17.3 Å². The summed E-state index contributed by atoms with van der Waals surface area (Å²) in [5, 5.41) is 6.44. The Labute approximate surface area is 194 Å². The summed E-state index contributed by atoms with van der Waals surface area (Å²) < 4.78 is 0. The number of carbonyl (C=O) groups is 1. The Morgan fingerprint density at radius 1 is 1.06 bits per heavy atom. The van der Waals surface area contributed by atoms with Gasteiger partial charge in [-0.1, -0.05) is 35.9 Å². The molecule has 168 valence electrons. The van der Waals surface area contributed by atoms with Crippen LogP contribution < -0.4 is 16.4 Å². The van der Waals surface area contributed by atoms with Gasteiger partial charge in [-0.05, 0) is 82.3 Å². The lowest BCUT2D eigenvalue weighted by atomic mass is 10.0. The lowest BCUT2D eigenvalue weighted by Gasteiger charge is -2.20. The first kappa shape index (κ1) is 23.5. The Balaban J connectivity index is 1.59. The third-order valence-electron chi connectivity index (χ3n) is 4.94. The van der Waals surface area contributed by atoms with Crippen molar-refractivity contribution < 1.29 is 4.79 Å². The molecule has 4 N–H and O–H groups in total. The third-order valence-corrected chi connectivity index (χ3v) is 5.35. The Hall–Kier alpha value is -3.12. The average Bonchev–Trinajstić information content (AvgIpc) is 2.69. The van der Waals surface area contributed by atoms with Crippen molar-refractivity contribution in [2.75, 3.05) is 11.1 Å². The molecular formula is C25H30ClN5O. The summed E-state index contributed by atoms with van der Waals surface area (Å²) in [5.74, 6) is 0.265. The number of anilines is 2. The van der Waals surface area contributed by atoms with Gasteiger partial charge in [0.05, 0.1) is 5.69 Å². The molecule has 0 radical (unpaired) electrons. The summed E-state index contributed by atoms with van der Waals surface area (Å²) >= 11 is 6.26. The van der Waals surface area contributed by atoms with Gasteiger partial charge in [0.2, 0.25) is 5.95 Å². The van der Waals surface area contributed by atoms with E-state index in [1.165, 1.54) is 5.56 Å².